The highest BCUT2D eigenvalue weighted by Gasteiger charge is 2.47. The van der Waals surface area contributed by atoms with Crippen molar-refractivity contribution in [2.45, 2.75) is 51.0 Å². The van der Waals surface area contributed by atoms with Crippen molar-refractivity contribution in [3.8, 4) is 0 Å². The molecule has 1 N–H and O–H groups in total. The Hall–Kier alpha value is -2.13. The summed E-state index contributed by atoms with van der Waals surface area (Å²) >= 11 is 0. The second-order valence-electron chi connectivity index (χ2n) is 5.49. The van der Waals surface area contributed by atoms with E-state index >= 15 is 0 Å². The smallest absolute Gasteiger partial charge is 0.352 e. The van der Waals surface area contributed by atoms with Crippen molar-refractivity contribution >= 4 is 11.8 Å². The van der Waals surface area contributed by atoms with E-state index in [0.29, 0.717) is 0 Å². The summed E-state index contributed by atoms with van der Waals surface area (Å²) in [6.07, 6.45) is -1.66. The van der Waals surface area contributed by atoms with Crippen LogP contribution in [0.15, 0.2) is 12.4 Å². The van der Waals surface area contributed by atoms with Gasteiger partial charge in [-0.25, -0.2) is 0 Å². The third kappa shape index (κ3) is 4.67. The van der Waals surface area contributed by atoms with Gasteiger partial charge in [0.15, 0.2) is 0 Å². The molecule has 1 fully saturated rings. The van der Waals surface area contributed by atoms with Crippen molar-refractivity contribution in [1.29, 1.82) is 0 Å². The number of nitrogens with one attached hydrogen (secondary N) is 1. The Labute approximate surface area is 130 Å². The number of hydrogen-bond donors (Lipinski definition) is 1. The quantitative estimate of drug-likeness (QED) is 0.881. The van der Waals surface area contributed by atoms with Crippen molar-refractivity contribution in [2.75, 3.05) is 6.54 Å². The average Bonchev–Trinajstić information content (AvgIpc) is 2.96. The van der Waals surface area contributed by atoms with Gasteiger partial charge in [0.1, 0.15) is 6.04 Å². The number of nitrogens with zero attached hydrogens (tertiary/aromatic N) is 4. The number of amides is 2. The zero-order valence-corrected chi connectivity index (χ0v) is 12.6. The van der Waals surface area contributed by atoms with Crippen LogP contribution in [0.25, 0.3) is 0 Å². The van der Waals surface area contributed by atoms with Crippen LogP contribution in [-0.4, -0.2) is 56.5 Å². The molecule has 0 aromatic carbocycles. The number of halogens is 3. The number of piperidine rings is 1. The van der Waals surface area contributed by atoms with Crippen molar-refractivity contribution in [1.82, 2.24) is 25.2 Å². The zero-order valence-electron chi connectivity index (χ0n) is 12.6. The first kappa shape index (κ1) is 17.2. The Morgan fingerprint density at radius 3 is 2.65 bits per heavy atom. The molecule has 23 heavy (non-hydrogen) atoms. The second-order valence-corrected chi connectivity index (χ2v) is 5.49. The van der Waals surface area contributed by atoms with Gasteiger partial charge in [-0.2, -0.15) is 13.2 Å². The van der Waals surface area contributed by atoms with Crippen LogP contribution in [0, 0.1) is 0 Å². The van der Waals surface area contributed by atoms with Crippen LogP contribution in [0.5, 0.6) is 0 Å². The van der Waals surface area contributed by atoms with Crippen LogP contribution in [0.4, 0.5) is 13.2 Å². The summed E-state index contributed by atoms with van der Waals surface area (Å²) in [6.45, 7) is 1.32. The maximum absolute atomic E-state index is 13.1. The summed E-state index contributed by atoms with van der Waals surface area (Å²) in [5.41, 5.74) is 0. The summed E-state index contributed by atoms with van der Waals surface area (Å²) in [5, 5.41) is 9.82. The van der Waals surface area contributed by atoms with Crippen molar-refractivity contribution in [2.24, 2.45) is 0 Å². The molecule has 7 nitrogen and oxygen atoms in total. The van der Waals surface area contributed by atoms with Gasteiger partial charge in [-0.15, -0.1) is 5.10 Å². The standard InChI is InChI=1S/C13H18F3N5O2/c1-9(22)18-10-2-3-11(13(14,15)16)21(8-10)12(23)4-6-20-7-5-17-19-20/h5,7,10-11H,2-4,6,8H2,1H3,(H,18,22)/t10-,11+/m0/s1. The Bertz CT molecular complexity index is 546. The average molecular weight is 333 g/mol. The Kier molecular flexibility index (Phi) is 5.22. The van der Waals surface area contributed by atoms with Crippen LogP contribution in [-0.2, 0) is 16.1 Å². The molecule has 1 aromatic heterocycles. The molecule has 0 aliphatic carbocycles. The summed E-state index contributed by atoms with van der Waals surface area (Å²) in [4.78, 5) is 24.1. The predicted molar refractivity (Wildman–Crippen MR) is 73.0 cm³/mol. The highest BCUT2D eigenvalue weighted by molar-refractivity contribution is 5.77. The lowest BCUT2D eigenvalue weighted by Crippen LogP contribution is -2.58. The van der Waals surface area contributed by atoms with Crippen LogP contribution in [0.3, 0.4) is 0 Å². The highest BCUT2D eigenvalue weighted by atomic mass is 19.4. The van der Waals surface area contributed by atoms with Gasteiger partial charge in [0.25, 0.3) is 0 Å². The molecule has 2 atom stereocenters. The van der Waals surface area contributed by atoms with Crippen LogP contribution in [0.1, 0.15) is 26.2 Å². The minimum absolute atomic E-state index is 0.108. The van der Waals surface area contributed by atoms with E-state index in [-0.39, 0.29) is 38.3 Å². The van der Waals surface area contributed by atoms with Gasteiger partial charge in [0, 0.05) is 32.1 Å². The molecule has 1 aliphatic rings. The first-order valence-electron chi connectivity index (χ1n) is 7.24. The first-order chi connectivity index (χ1) is 10.8. The van der Waals surface area contributed by atoms with Crippen LogP contribution < -0.4 is 5.32 Å². The second kappa shape index (κ2) is 6.97. The van der Waals surface area contributed by atoms with E-state index in [4.69, 9.17) is 0 Å². The molecule has 128 valence electrons. The van der Waals surface area contributed by atoms with Crippen molar-refractivity contribution < 1.29 is 22.8 Å². The molecule has 1 aromatic rings. The molecular formula is C13H18F3N5O2. The lowest BCUT2D eigenvalue weighted by atomic mass is 9.97. The third-order valence-electron chi connectivity index (χ3n) is 3.71. The number of aromatic nitrogens is 3. The maximum Gasteiger partial charge on any atom is 0.408 e. The molecule has 0 saturated carbocycles. The lowest BCUT2D eigenvalue weighted by Gasteiger charge is -2.40. The van der Waals surface area contributed by atoms with Gasteiger partial charge >= 0.3 is 6.18 Å². The SMILES string of the molecule is CC(=O)N[C@H]1CC[C@H](C(F)(F)F)N(C(=O)CCn2ccnn2)C1. The number of aryl methyl sites for hydroxylation is 1. The predicted octanol–water partition coefficient (Wildman–Crippen LogP) is 0.726. The number of alkyl halides is 3. The minimum atomic E-state index is -4.48. The maximum atomic E-state index is 13.1. The number of carbonyl (C=O) groups is 2. The highest BCUT2D eigenvalue weighted by Crippen LogP contribution is 2.32. The fourth-order valence-corrected chi connectivity index (χ4v) is 2.70. The third-order valence-corrected chi connectivity index (χ3v) is 3.71. The van der Waals surface area contributed by atoms with E-state index in [1.54, 1.807) is 0 Å². The Balaban J connectivity index is 2.04. The number of hydrogen-bond acceptors (Lipinski definition) is 4. The number of rotatable bonds is 4. The first-order valence-corrected chi connectivity index (χ1v) is 7.24. The zero-order chi connectivity index (χ0) is 17.0. The molecule has 0 bridgehead atoms. The molecule has 2 amide bonds. The molecule has 2 rings (SSSR count). The van der Waals surface area contributed by atoms with Gasteiger partial charge < -0.3 is 10.2 Å². The Morgan fingerprint density at radius 2 is 2.09 bits per heavy atom. The monoisotopic (exact) mass is 333 g/mol. The van der Waals surface area contributed by atoms with Gasteiger partial charge in [0.05, 0.1) is 12.7 Å². The van der Waals surface area contributed by atoms with E-state index in [2.05, 4.69) is 15.6 Å². The largest absolute Gasteiger partial charge is 0.408 e. The van der Waals surface area contributed by atoms with Crippen LogP contribution >= 0.6 is 0 Å². The van der Waals surface area contributed by atoms with Crippen molar-refractivity contribution in [3.63, 3.8) is 0 Å². The molecule has 1 saturated heterocycles. The van der Waals surface area contributed by atoms with Crippen molar-refractivity contribution in [3.05, 3.63) is 12.4 Å². The molecule has 0 spiro atoms. The summed E-state index contributed by atoms with van der Waals surface area (Å²) in [7, 11) is 0. The molecule has 0 unspecified atom stereocenters. The Morgan fingerprint density at radius 1 is 1.35 bits per heavy atom. The normalized spacial score (nSPS) is 22.0. The summed E-state index contributed by atoms with van der Waals surface area (Å²) in [6, 6.07) is -2.27. The molecule has 0 radical (unpaired) electrons. The van der Waals surface area contributed by atoms with E-state index in [0.717, 1.165) is 4.90 Å². The molecule has 2 heterocycles. The minimum Gasteiger partial charge on any atom is -0.352 e. The van der Waals surface area contributed by atoms with Gasteiger partial charge in [-0.3, -0.25) is 14.3 Å². The van der Waals surface area contributed by atoms with E-state index in [9.17, 15) is 22.8 Å². The number of likely N-dealkylation sites (tertiary alicyclic amines) is 1. The van der Waals surface area contributed by atoms with Gasteiger partial charge in [-0.1, -0.05) is 5.21 Å². The van der Waals surface area contributed by atoms with Gasteiger partial charge in [-0.05, 0) is 12.8 Å². The van der Waals surface area contributed by atoms with Gasteiger partial charge in [0.2, 0.25) is 11.8 Å². The topological polar surface area (TPSA) is 80.1 Å². The van der Waals surface area contributed by atoms with E-state index in [1.807, 2.05) is 0 Å². The van der Waals surface area contributed by atoms with Crippen LogP contribution in [0.2, 0.25) is 0 Å². The molecule has 10 heteroatoms. The number of carbonyl (C=O) groups excluding carboxylic acids is 2. The fraction of sp³-hybridized carbons (Fsp3) is 0.692. The fourth-order valence-electron chi connectivity index (χ4n) is 2.70. The lowest BCUT2D eigenvalue weighted by molar-refractivity contribution is -0.197. The molecule has 1 aliphatic heterocycles. The van der Waals surface area contributed by atoms with E-state index < -0.39 is 24.2 Å². The van der Waals surface area contributed by atoms with E-state index in [1.165, 1.54) is 24.0 Å². The molecular weight excluding hydrogens is 315 g/mol. The summed E-state index contributed by atoms with van der Waals surface area (Å²) in [5.74, 6) is -0.937. The summed E-state index contributed by atoms with van der Waals surface area (Å²) < 4.78 is 40.8.